The van der Waals surface area contributed by atoms with Crippen molar-refractivity contribution >= 4 is 11.9 Å². The lowest BCUT2D eigenvalue weighted by molar-refractivity contribution is -0.933. The van der Waals surface area contributed by atoms with E-state index in [9.17, 15) is 14.7 Å². The van der Waals surface area contributed by atoms with Gasteiger partial charge in [-0.3, -0.25) is 4.79 Å². The molecule has 6 heteroatoms. The van der Waals surface area contributed by atoms with Gasteiger partial charge in [0.1, 0.15) is 11.8 Å². The molecule has 0 unspecified atom stereocenters. The van der Waals surface area contributed by atoms with Gasteiger partial charge in [0.15, 0.2) is 0 Å². The second kappa shape index (κ2) is 7.97. The number of rotatable bonds is 6. The Morgan fingerprint density at radius 3 is 2.35 bits per heavy atom. The van der Waals surface area contributed by atoms with Crippen molar-refractivity contribution in [1.29, 1.82) is 0 Å². The molecule has 1 atom stereocenters. The molecule has 1 N–H and O–H groups in total. The number of amides is 1. The van der Waals surface area contributed by atoms with Crippen molar-refractivity contribution in [3.05, 3.63) is 29.8 Å². The molecular formula is C17H24N2O4. The minimum absolute atomic E-state index is 0.0334. The molecule has 1 amide bonds. The zero-order valence-corrected chi connectivity index (χ0v) is 13.7. The third-order valence-electron chi connectivity index (χ3n) is 4.53. The Balaban J connectivity index is 1.85. The van der Waals surface area contributed by atoms with E-state index in [0.29, 0.717) is 19.1 Å². The van der Waals surface area contributed by atoms with Crippen LogP contribution >= 0.6 is 0 Å². The van der Waals surface area contributed by atoms with Crippen molar-refractivity contribution in [1.82, 2.24) is 4.90 Å². The number of nitrogens with one attached hydrogen (secondary N) is 1. The van der Waals surface area contributed by atoms with Gasteiger partial charge in [0.25, 0.3) is 0 Å². The Labute approximate surface area is 136 Å². The van der Waals surface area contributed by atoms with E-state index < -0.39 is 5.97 Å². The number of carboxylic acids is 1. The van der Waals surface area contributed by atoms with Gasteiger partial charge in [-0.1, -0.05) is 0 Å². The normalized spacial score (nSPS) is 16.9. The molecule has 0 radical (unpaired) electrons. The molecule has 0 aromatic heterocycles. The van der Waals surface area contributed by atoms with Crippen LogP contribution in [-0.4, -0.2) is 50.1 Å². The van der Waals surface area contributed by atoms with Gasteiger partial charge in [-0.25, -0.2) is 0 Å². The first-order valence-corrected chi connectivity index (χ1v) is 7.97. The minimum atomic E-state index is -1.17. The van der Waals surface area contributed by atoms with Crippen LogP contribution in [-0.2, 0) is 9.59 Å². The Morgan fingerprint density at radius 2 is 1.83 bits per heavy atom. The number of benzene rings is 1. The molecule has 126 valence electrons. The number of nitrogens with zero attached hydrogens (tertiary/aromatic N) is 1. The average molecular weight is 320 g/mol. The molecule has 0 spiro atoms. The number of quaternary nitrogens is 1. The Bertz CT molecular complexity index is 536. The summed E-state index contributed by atoms with van der Waals surface area (Å²) in [5, 5.41) is 10.4. The van der Waals surface area contributed by atoms with E-state index in [0.717, 1.165) is 18.8 Å². The topological polar surface area (TPSA) is 74.1 Å². The predicted molar refractivity (Wildman–Crippen MR) is 82.9 cm³/mol. The van der Waals surface area contributed by atoms with Gasteiger partial charge < -0.3 is 24.4 Å². The van der Waals surface area contributed by atoms with Gasteiger partial charge in [-0.15, -0.1) is 0 Å². The first kappa shape index (κ1) is 17.3. The second-order valence-electron chi connectivity index (χ2n) is 5.91. The molecule has 1 aromatic rings. The van der Waals surface area contributed by atoms with Crippen molar-refractivity contribution in [3.63, 3.8) is 0 Å². The van der Waals surface area contributed by atoms with Crippen LogP contribution in [0.1, 0.15) is 31.4 Å². The monoisotopic (exact) mass is 320 g/mol. The van der Waals surface area contributed by atoms with Crippen LogP contribution in [0.2, 0.25) is 0 Å². The average Bonchev–Trinajstić information content (AvgIpc) is 2.59. The summed E-state index contributed by atoms with van der Waals surface area (Å²) < 4.78 is 5.18. The smallest absolute Gasteiger partial charge is 0.223 e. The summed E-state index contributed by atoms with van der Waals surface area (Å²) in [5.41, 5.74) is 1.25. The maximum atomic E-state index is 11.9. The van der Waals surface area contributed by atoms with E-state index in [1.807, 2.05) is 12.1 Å². The predicted octanol–water partition coefficient (Wildman–Crippen LogP) is -0.987. The highest BCUT2D eigenvalue weighted by Crippen LogP contribution is 2.15. The van der Waals surface area contributed by atoms with E-state index in [4.69, 9.17) is 4.74 Å². The quantitative estimate of drug-likeness (QED) is 0.731. The molecule has 2 rings (SSSR count). The zero-order chi connectivity index (χ0) is 16.8. The van der Waals surface area contributed by atoms with Crippen molar-refractivity contribution in [2.24, 2.45) is 0 Å². The second-order valence-corrected chi connectivity index (χ2v) is 5.91. The molecular weight excluding hydrogens is 296 g/mol. The number of hydrogen-bond acceptors (Lipinski definition) is 4. The van der Waals surface area contributed by atoms with Crippen LogP contribution in [0.3, 0.4) is 0 Å². The summed E-state index contributed by atoms with van der Waals surface area (Å²) in [7, 11) is 1.65. The number of carbonyl (C=O) groups excluding carboxylic acids is 2. The first-order valence-electron chi connectivity index (χ1n) is 7.97. The van der Waals surface area contributed by atoms with Crippen molar-refractivity contribution in [3.8, 4) is 5.75 Å². The third-order valence-corrected chi connectivity index (χ3v) is 4.53. The fourth-order valence-corrected chi connectivity index (χ4v) is 2.97. The lowest BCUT2D eigenvalue weighted by Gasteiger charge is -2.35. The number of carboxylic acid groups (broad SMARTS) is 1. The lowest BCUT2D eigenvalue weighted by atomic mass is 10.1. The van der Waals surface area contributed by atoms with Gasteiger partial charge in [0, 0.05) is 18.0 Å². The summed E-state index contributed by atoms with van der Waals surface area (Å²) in [4.78, 5) is 25.6. The summed E-state index contributed by atoms with van der Waals surface area (Å²) >= 11 is 0. The number of carbonyl (C=O) groups is 2. The molecule has 1 saturated heterocycles. The maximum absolute atomic E-state index is 11.9. The highest BCUT2D eigenvalue weighted by Gasteiger charge is 2.27. The molecule has 6 nitrogen and oxygen atoms in total. The lowest BCUT2D eigenvalue weighted by Crippen LogP contribution is -3.14. The molecule has 1 fully saturated rings. The summed E-state index contributed by atoms with van der Waals surface area (Å²) in [6, 6.07) is 8.43. The van der Waals surface area contributed by atoms with Crippen LogP contribution in [0.25, 0.3) is 0 Å². The summed E-state index contributed by atoms with van der Waals surface area (Å²) in [6.45, 7) is 5.25. The number of methoxy groups -OCH3 is 1. The highest BCUT2D eigenvalue weighted by molar-refractivity contribution is 5.80. The SMILES string of the molecule is COc1ccc([C@H](C)[NH+]2CCN(C(=O)CCC(=O)[O-])CC2)cc1. The fourth-order valence-electron chi connectivity index (χ4n) is 2.97. The molecule has 0 bridgehead atoms. The number of ether oxygens (including phenoxy) is 1. The number of aliphatic carboxylic acids is 1. The fraction of sp³-hybridized carbons (Fsp3) is 0.529. The number of piperazine rings is 1. The largest absolute Gasteiger partial charge is 0.550 e. The maximum Gasteiger partial charge on any atom is 0.223 e. The third kappa shape index (κ3) is 4.69. The van der Waals surface area contributed by atoms with Gasteiger partial charge in [0.2, 0.25) is 5.91 Å². The van der Waals surface area contributed by atoms with E-state index in [2.05, 4.69) is 19.1 Å². The summed E-state index contributed by atoms with van der Waals surface area (Å²) in [5.74, 6) is -0.416. The molecule has 0 saturated carbocycles. The van der Waals surface area contributed by atoms with E-state index in [-0.39, 0.29) is 18.7 Å². The molecule has 0 aliphatic carbocycles. The van der Waals surface area contributed by atoms with E-state index in [1.54, 1.807) is 12.0 Å². The first-order chi connectivity index (χ1) is 11.0. The highest BCUT2D eigenvalue weighted by atomic mass is 16.5. The van der Waals surface area contributed by atoms with Crippen LogP contribution in [0.15, 0.2) is 24.3 Å². The molecule has 23 heavy (non-hydrogen) atoms. The van der Waals surface area contributed by atoms with Crippen LogP contribution in [0.4, 0.5) is 0 Å². The number of hydrogen-bond donors (Lipinski definition) is 1. The Morgan fingerprint density at radius 1 is 1.22 bits per heavy atom. The Hall–Kier alpha value is -2.08. The minimum Gasteiger partial charge on any atom is -0.550 e. The standard InChI is InChI=1S/C17H24N2O4/c1-13(14-3-5-15(23-2)6-4-14)18-9-11-19(12-10-18)16(20)7-8-17(21)22/h3-6,13H,7-12H2,1-2H3,(H,21,22)/t13-/m0/s1. The van der Waals surface area contributed by atoms with Gasteiger partial charge in [-0.05, 0) is 37.6 Å². The van der Waals surface area contributed by atoms with Gasteiger partial charge in [-0.2, -0.15) is 0 Å². The van der Waals surface area contributed by atoms with Crippen molar-refractivity contribution < 1.29 is 24.3 Å². The van der Waals surface area contributed by atoms with E-state index in [1.165, 1.54) is 10.5 Å². The molecule has 1 heterocycles. The molecule has 1 aliphatic rings. The molecule has 1 aromatic carbocycles. The van der Waals surface area contributed by atoms with Crippen molar-refractivity contribution in [2.45, 2.75) is 25.8 Å². The summed E-state index contributed by atoms with van der Waals surface area (Å²) in [6.07, 6.45) is -0.167. The van der Waals surface area contributed by atoms with E-state index >= 15 is 0 Å². The van der Waals surface area contributed by atoms with Crippen molar-refractivity contribution in [2.75, 3.05) is 33.3 Å². The van der Waals surface area contributed by atoms with Gasteiger partial charge in [0.05, 0.1) is 33.3 Å². The van der Waals surface area contributed by atoms with Crippen LogP contribution in [0.5, 0.6) is 5.75 Å². The zero-order valence-electron chi connectivity index (χ0n) is 13.7. The Kier molecular flexibility index (Phi) is 5.98. The molecule has 1 aliphatic heterocycles. The van der Waals surface area contributed by atoms with Crippen LogP contribution < -0.4 is 14.7 Å². The van der Waals surface area contributed by atoms with Crippen LogP contribution in [0, 0.1) is 0 Å². The van der Waals surface area contributed by atoms with Gasteiger partial charge >= 0.3 is 0 Å².